The van der Waals surface area contributed by atoms with E-state index in [0.29, 0.717) is 12.8 Å². The maximum Gasteiger partial charge on any atom is 0.416 e. The lowest BCUT2D eigenvalue weighted by molar-refractivity contribution is -0.137. The highest BCUT2D eigenvalue weighted by Crippen LogP contribution is 2.31. The highest BCUT2D eigenvalue weighted by Gasteiger charge is 2.40. The summed E-state index contributed by atoms with van der Waals surface area (Å²) in [7, 11) is 0. The summed E-state index contributed by atoms with van der Waals surface area (Å²) < 4.78 is 38.4. The van der Waals surface area contributed by atoms with E-state index in [4.69, 9.17) is 0 Å². The van der Waals surface area contributed by atoms with Gasteiger partial charge in [-0.25, -0.2) is 4.79 Å². The van der Waals surface area contributed by atoms with Crippen molar-refractivity contribution >= 4 is 23.9 Å². The molecular formula is C17H15F3N2O3. The van der Waals surface area contributed by atoms with E-state index >= 15 is 0 Å². The number of barbiturate groups is 1. The molecule has 25 heavy (non-hydrogen) atoms. The van der Waals surface area contributed by atoms with Crippen molar-refractivity contribution in [1.82, 2.24) is 10.2 Å². The first-order chi connectivity index (χ1) is 11.8. The van der Waals surface area contributed by atoms with Gasteiger partial charge in [-0.1, -0.05) is 25.0 Å². The molecule has 8 heteroatoms. The Bertz CT molecular complexity index is 765. The molecule has 4 amide bonds. The molecule has 0 atom stereocenters. The second-order valence-corrected chi connectivity index (χ2v) is 6.05. The first kappa shape index (κ1) is 17.2. The number of hydrogen-bond donors (Lipinski definition) is 1. The first-order valence-electron chi connectivity index (χ1n) is 7.85. The van der Waals surface area contributed by atoms with Crippen molar-refractivity contribution in [3.63, 3.8) is 0 Å². The standard InChI is InChI=1S/C17H15F3N2O3/c18-17(19,20)11-5-3-4-10(8-11)9-13-14(23)21-16(25)22(15(13)24)12-6-1-2-7-12/h3-5,8-9,12H,1-2,6-7H2,(H,21,23,25)/b13-9+. The summed E-state index contributed by atoms with van der Waals surface area (Å²) in [6.07, 6.45) is -0.375. The van der Waals surface area contributed by atoms with Crippen molar-refractivity contribution in [3.8, 4) is 0 Å². The average Bonchev–Trinajstić information content (AvgIpc) is 3.05. The van der Waals surface area contributed by atoms with Crippen molar-refractivity contribution in [2.75, 3.05) is 0 Å². The minimum absolute atomic E-state index is 0.0639. The first-order valence-corrected chi connectivity index (χ1v) is 7.85. The van der Waals surface area contributed by atoms with Gasteiger partial charge in [0.2, 0.25) is 0 Å². The van der Waals surface area contributed by atoms with Gasteiger partial charge in [0.1, 0.15) is 5.57 Å². The lowest BCUT2D eigenvalue weighted by atomic mass is 10.0. The molecule has 1 saturated carbocycles. The molecule has 1 saturated heterocycles. The number of imide groups is 2. The Kier molecular flexibility index (Phi) is 4.36. The van der Waals surface area contributed by atoms with Gasteiger partial charge in [0.25, 0.3) is 11.8 Å². The summed E-state index contributed by atoms with van der Waals surface area (Å²) in [5.41, 5.74) is -1.16. The monoisotopic (exact) mass is 352 g/mol. The number of alkyl halides is 3. The van der Waals surface area contributed by atoms with Crippen molar-refractivity contribution in [2.24, 2.45) is 0 Å². The Morgan fingerprint density at radius 1 is 1.12 bits per heavy atom. The van der Waals surface area contributed by atoms with E-state index in [9.17, 15) is 27.6 Å². The smallest absolute Gasteiger partial charge is 0.273 e. The second-order valence-electron chi connectivity index (χ2n) is 6.05. The maximum absolute atomic E-state index is 12.8. The highest BCUT2D eigenvalue weighted by atomic mass is 19.4. The van der Waals surface area contributed by atoms with Gasteiger partial charge in [-0.15, -0.1) is 0 Å². The number of nitrogens with one attached hydrogen (secondary N) is 1. The summed E-state index contributed by atoms with van der Waals surface area (Å²) in [5, 5.41) is 2.09. The number of benzene rings is 1. The molecule has 0 spiro atoms. The van der Waals surface area contributed by atoms with Crippen LogP contribution in [0.25, 0.3) is 6.08 Å². The maximum atomic E-state index is 12.8. The summed E-state index contributed by atoms with van der Waals surface area (Å²) in [6, 6.07) is 3.25. The Labute approximate surface area is 141 Å². The second kappa shape index (κ2) is 6.34. The predicted molar refractivity (Wildman–Crippen MR) is 82.1 cm³/mol. The molecule has 1 aromatic rings. The quantitative estimate of drug-likeness (QED) is 0.657. The molecule has 5 nitrogen and oxygen atoms in total. The van der Waals surface area contributed by atoms with E-state index in [1.54, 1.807) is 0 Å². The van der Waals surface area contributed by atoms with Crippen molar-refractivity contribution in [1.29, 1.82) is 0 Å². The van der Waals surface area contributed by atoms with Gasteiger partial charge in [0, 0.05) is 6.04 Å². The third-order valence-corrected chi connectivity index (χ3v) is 4.35. The van der Waals surface area contributed by atoms with Crippen molar-refractivity contribution in [2.45, 2.75) is 37.9 Å². The molecule has 1 heterocycles. The Balaban J connectivity index is 1.94. The van der Waals surface area contributed by atoms with Gasteiger partial charge in [0.05, 0.1) is 5.56 Å². The third-order valence-electron chi connectivity index (χ3n) is 4.35. The number of halogens is 3. The Hall–Kier alpha value is -2.64. The number of hydrogen-bond acceptors (Lipinski definition) is 3. The van der Waals surface area contributed by atoms with E-state index in [2.05, 4.69) is 5.32 Å². The molecular weight excluding hydrogens is 337 g/mol. The fourth-order valence-electron chi connectivity index (χ4n) is 3.14. The fourth-order valence-corrected chi connectivity index (χ4v) is 3.14. The number of nitrogens with zero attached hydrogens (tertiary/aromatic N) is 1. The minimum Gasteiger partial charge on any atom is -0.273 e. The Morgan fingerprint density at radius 3 is 2.44 bits per heavy atom. The van der Waals surface area contributed by atoms with Gasteiger partial charge in [0.15, 0.2) is 0 Å². The fraction of sp³-hybridized carbons (Fsp3) is 0.353. The van der Waals surface area contributed by atoms with Gasteiger partial charge in [-0.3, -0.25) is 19.8 Å². The van der Waals surface area contributed by atoms with Crippen LogP contribution in [0.3, 0.4) is 0 Å². The van der Waals surface area contributed by atoms with Crippen molar-refractivity contribution < 1.29 is 27.6 Å². The number of urea groups is 1. The zero-order valence-corrected chi connectivity index (χ0v) is 13.1. The molecule has 0 unspecified atom stereocenters. The predicted octanol–water partition coefficient (Wildman–Crippen LogP) is 3.11. The van der Waals surface area contributed by atoms with Crippen LogP contribution in [-0.2, 0) is 15.8 Å². The van der Waals surface area contributed by atoms with Crippen LogP contribution in [0.5, 0.6) is 0 Å². The van der Waals surface area contributed by atoms with E-state index < -0.39 is 29.6 Å². The highest BCUT2D eigenvalue weighted by molar-refractivity contribution is 6.31. The SMILES string of the molecule is O=C1NC(=O)N(C2CCCC2)C(=O)/C1=C/c1cccc(C(F)(F)F)c1. The van der Waals surface area contributed by atoms with Gasteiger partial charge >= 0.3 is 12.2 Å². The van der Waals surface area contributed by atoms with Crippen LogP contribution < -0.4 is 5.32 Å². The zero-order chi connectivity index (χ0) is 18.2. The van der Waals surface area contributed by atoms with Crippen LogP contribution in [0.2, 0.25) is 0 Å². The zero-order valence-electron chi connectivity index (χ0n) is 13.1. The van der Waals surface area contributed by atoms with Gasteiger partial charge < -0.3 is 0 Å². The molecule has 0 radical (unpaired) electrons. The topological polar surface area (TPSA) is 66.5 Å². The van der Waals surface area contributed by atoms with Crippen LogP contribution >= 0.6 is 0 Å². The molecule has 1 aliphatic carbocycles. The van der Waals surface area contributed by atoms with Crippen LogP contribution in [0, 0.1) is 0 Å². The molecule has 1 aliphatic heterocycles. The number of carbonyl (C=O) groups is 3. The summed E-state index contributed by atoms with van der Waals surface area (Å²) in [6.45, 7) is 0. The summed E-state index contributed by atoms with van der Waals surface area (Å²) >= 11 is 0. The van der Waals surface area contributed by atoms with Gasteiger partial charge in [-0.05, 0) is 36.6 Å². The molecule has 1 aromatic carbocycles. The third kappa shape index (κ3) is 3.42. The van der Waals surface area contributed by atoms with E-state index in [1.165, 1.54) is 12.1 Å². The number of amides is 4. The summed E-state index contributed by atoms with van der Waals surface area (Å²) in [4.78, 5) is 37.6. The molecule has 0 bridgehead atoms. The molecule has 0 aromatic heterocycles. The molecule has 1 N–H and O–H groups in total. The lowest BCUT2D eigenvalue weighted by Crippen LogP contribution is -2.57. The van der Waals surface area contributed by atoms with Crippen LogP contribution in [0.1, 0.15) is 36.8 Å². The van der Waals surface area contributed by atoms with Crippen LogP contribution in [-0.4, -0.2) is 28.8 Å². The molecule has 132 valence electrons. The van der Waals surface area contributed by atoms with Crippen LogP contribution in [0.15, 0.2) is 29.8 Å². The lowest BCUT2D eigenvalue weighted by Gasteiger charge is -2.31. The summed E-state index contributed by atoms with van der Waals surface area (Å²) in [5.74, 6) is -1.67. The largest absolute Gasteiger partial charge is 0.416 e. The van der Waals surface area contributed by atoms with E-state index in [1.807, 2.05) is 0 Å². The van der Waals surface area contributed by atoms with E-state index in [-0.39, 0.29) is 17.2 Å². The minimum atomic E-state index is -4.53. The average molecular weight is 352 g/mol. The Morgan fingerprint density at radius 2 is 1.80 bits per heavy atom. The molecule has 3 rings (SSSR count). The number of carbonyl (C=O) groups excluding carboxylic acids is 3. The van der Waals surface area contributed by atoms with Gasteiger partial charge in [-0.2, -0.15) is 13.2 Å². The number of rotatable bonds is 2. The normalized spacial score (nSPS) is 21.2. The molecule has 2 aliphatic rings. The van der Waals surface area contributed by atoms with Crippen LogP contribution in [0.4, 0.5) is 18.0 Å². The molecule has 2 fully saturated rings. The van der Waals surface area contributed by atoms with Crippen molar-refractivity contribution in [3.05, 3.63) is 41.0 Å². The van der Waals surface area contributed by atoms with E-state index in [0.717, 1.165) is 36.0 Å².